The lowest BCUT2D eigenvalue weighted by atomic mass is 9.98. The maximum Gasteiger partial charge on any atom is 0.158 e. The minimum Gasteiger partial charge on any atom is -0.318 e. The maximum absolute atomic E-state index is 12.1. The third-order valence-corrected chi connectivity index (χ3v) is 3.32. The Bertz CT molecular complexity index is 531. The summed E-state index contributed by atoms with van der Waals surface area (Å²) in [5.74, 6) is 0.0513. The van der Waals surface area contributed by atoms with Crippen molar-refractivity contribution in [1.82, 2.24) is 0 Å². The second-order valence-electron chi connectivity index (χ2n) is 4.70. The second kappa shape index (κ2) is 6.30. The van der Waals surface area contributed by atoms with E-state index in [0.29, 0.717) is 6.42 Å². The van der Waals surface area contributed by atoms with Crippen LogP contribution >= 0.6 is 0 Å². The quantitative estimate of drug-likeness (QED) is 0.890. The molecular formula is C17H19NO. The first-order chi connectivity index (χ1) is 9.20. The molecule has 0 aliphatic rings. The van der Waals surface area contributed by atoms with E-state index in [1.54, 1.807) is 0 Å². The Hall–Kier alpha value is -1.93. The lowest BCUT2D eigenvalue weighted by Gasteiger charge is -2.11. The first-order valence-electron chi connectivity index (χ1n) is 6.61. The van der Waals surface area contributed by atoms with Crippen LogP contribution in [-0.4, -0.2) is 5.78 Å². The van der Waals surface area contributed by atoms with Gasteiger partial charge in [0.25, 0.3) is 0 Å². The molecule has 0 aliphatic heterocycles. The van der Waals surface area contributed by atoms with Crippen LogP contribution in [-0.2, 0) is 17.6 Å². The Balaban J connectivity index is 2.04. The summed E-state index contributed by atoms with van der Waals surface area (Å²) in [6, 6.07) is 17.1. The summed E-state index contributed by atoms with van der Waals surface area (Å²) in [6.07, 6.45) is 1.40. The normalized spacial score (nSPS) is 12.1. The van der Waals surface area contributed by atoms with Gasteiger partial charge >= 0.3 is 0 Å². The van der Waals surface area contributed by atoms with Crippen molar-refractivity contribution in [2.75, 3.05) is 0 Å². The van der Waals surface area contributed by atoms with Crippen LogP contribution in [0.5, 0.6) is 0 Å². The van der Waals surface area contributed by atoms with Crippen molar-refractivity contribution in [2.24, 2.45) is 5.73 Å². The molecule has 2 rings (SSSR count). The van der Waals surface area contributed by atoms with Crippen molar-refractivity contribution in [2.45, 2.75) is 25.8 Å². The molecule has 0 heterocycles. The number of nitrogens with two attached hydrogens (primary N) is 1. The molecule has 0 radical (unpaired) electrons. The predicted octanol–water partition coefficient (Wildman–Crippen LogP) is 3.06. The van der Waals surface area contributed by atoms with Crippen molar-refractivity contribution < 1.29 is 4.79 Å². The highest BCUT2D eigenvalue weighted by molar-refractivity contribution is 5.87. The molecule has 0 saturated carbocycles. The topological polar surface area (TPSA) is 43.1 Å². The van der Waals surface area contributed by atoms with E-state index in [-0.39, 0.29) is 5.78 Å². The van der Waals surface area contributed by atoms with Crippen molar-refractivity contribution in [3.8, 4) is 0 Å². The first-order valence-corrected chi connectivity index (χ1v) is 6.61. The van der Waals surface area contributed by atoms with E-state index in [9.17, 15) is 4.79 Å². The van der Waals surface area contributed by atoms with Gasteiger partial charge in [0.15, 0.2) is 5.78 Å². The second-order valence-corrected chi connectivity index (χ2v) is 4.70. The van der Waals surface area contributed by atoms with Gasteiger partial charge in [-0.3, -0.25) is 4.79 Å². The van der Waals surface area contributed by atoms with Crippen molar-refractivity contribution in [3.05, 3.63) is 71.3 Å². The van der Waals surface area contributed by atoms with Gasteiger partial charge in [0.2, 0.25) is 0 Å². The van der Waals surface area contributed by atoms with Gasteiger partial charge in [-0.15, -0.1) is 0 Å². The van der Waals surface area contributed by atoms with E-state index in [2.05, 4.69) is 19.1 Å². The number of carbonyl (C=O) groups is 1. The van der Waals surface area contributed by atoms with Gasteiger partial charge in [-0.1, -0.05) is 61.5 Å². The molecule has 1 atom stereocenters. The SMILES string of the molecule is CCc1ccc(CC(=O)[C@H](N)c2ccccc2)cc1. The Morgan fingerprint density at radius 1 is 1.00 bits per heavy atom. The molecule has 0 spiro atoms. The summed E-state index contributed by atoms with van der Waals surface area (Å²) >= 11 is 0. The van der Waals surface area contributed by atoms with E-state index < -0.39 is 6.04 Å². The number of Topliss-reactive ketones (excluding diaryl/α,β-unsaturated/α-hetero) is 1. The molecule has 2 aromatic rings. The molecule has 0 saturated heterocycles. The molecule has 0 amide bonds. The van der Waals surface area contributed by atoms with Gasteiger partial charge in [-0.2, -0.15) is 0 Å². The van der Waals surface area contributed by atoms with E-state index >= 15 is 0 Å². The molecule has 98 valence electrons. The molecule has 0 unspecified atom stereocenters. The van der Waals surface area contributed by atoms with Crippen LogP contribution in [0.15, 0.2) is 54.6 Å². The monoisotopic (exact) mass is 253 g/mol. The highest BCUT2D eigenvalue weighted by Crippen LogP contribution is 2.14. The largest absolute Gasteiger partial charge is 0.318 e. The molecule has 2 aromatic carbocycles. The van der Waals surface area contributed by atoms with Crippen LogP contribution < -0.4 is 5.73 Å². The van der Waals surface area contributed by atoms with E-state index in [0.717, 1.165) is 17.5 Å². The highest BCUT2D eigenvalue weighted by atomic mass is 16.1. The molecule has 0 bridgehead atoms. The number of benzene rings is 2. The summed E-state index contributed by atoms with van der Waals surface area (Å²) in [5, 5.41) is 0. The minimum absolute atomic E-state index is 0.0513. The predicted molar refractivity (Wildman–Crippen MR) is 77.9 cm³/mol. The molecule has 0 fully saturated rings. The van der Waals surface area contributed by atoms with Crippen LogP contribution in [0.2, 0.25) is 0 Å². The Labute approximate surface area is 114 Å². The summed E-state index contributed by atoms with van der Waals surface area (Å²) in [5.41, 5.74) is 9.17. The fourth-order valence-corrected chi connectivity index (χ4v) is 2.05. The van der Waals surface area contributed by atoms with Gasteiger partial charge < -0.3 is 5.73 Å². The lowest BCUT2D eigenvalue weighted by molar-refractivity contribution is -0.119. The smallest absolute Gasteiger partial charge is 0.158 e. The zero-order chi connectivity index (χ0) is 13.7. The first kappa shape index (κ1) is 13.5. The van der Waals surface area contributed by atoms with Crippen LogP contribution in [0.25, 0.3) is 0 Å². The van der Waals surface area contributed by atoms with E-state index in [1.807, 2.05) is 42.5 Å². The maximum atomic E-state index is 12.1. The summed E-state index contributed by atoms with van der Waals surface area (Å²) in [6.45, 7) is 2.12. The average Bonchev–Trinajstić information content (AvgIpc) is 2.48. The molecule has 2 heteroatoms. The van der Waals surface area contributed by atoms with Gasteiger partial charge in [-0.05, 0) is 23.1 Å². The van der Waals surface area contributed by atoms with Crippen LogP contribution in [0.3, 0.4) is 0 Å². The van der Waals surface area contributed by atoms with Crippen molar-refractivity contribution >= 4 is 5.78 Å². The zero-order valence-corrected chi connectivity index (χ0v) is 11.2. The highest BCUT2D eigenvalue weighted by Gasteiger charge is 2.15. The molecular weight excluding hydrogens is 234 g/mol. The molecule has 0 aliphatic carbocycles. The molecule has 0 aromatic heterocycles. The van der Waals surface area contributed by atoms with Crippen LogP contribution in [0.1, 0.15) is 29.7 Å². The molecule has 2 N–H and O–H groups in total. The van der Waals surface area contributed by atoms with E-state index in [1.165, 1.54) is 5.56 Å². The van der Waals surface area contributed by atoms with Crippen molar-refractivity contribution in [1.29, 1.82) is 0 Å². The van der Waals surface area contributed by atoms with E-state index in [4.69, 9.17) is 5.73 Å². The number of hydrogen-bond donors (Lipinski definition) is 1. The summed E-state index contributed by atoms with van der Waals surface area (Å²) < 4.78 is 0. The van der Waals surface area contributed by atoms with Gasteiger partial charge in [0.1, 0.15) is 0 Å². The number of rotatable bonds is 5. The number of ketones is 1. The summed E-state index contributed by atoms with van der Waals surface area (Å²) in [7, 11) is 0. The average molecular weight is 253 g/mol. The van der Waals surface area contributed by atoms with Crippen molar-refractivity contribution in [3.63, 3.8) is 0 Å². The fraction of sp³-hybridized carbons (Fsp3) is 0.235. The number of carbonyl (C=O) groups excluding carboxylic acids is 1. The lowest BCUT2D eigenvalue weighted by Crippen LogP contribution is -2.23. The third-order valence-electron chi connectivity index (χ3n) is 3.32. The number of aryl methyl sites for hydroxylation is 1. The van der Waals surface area contributed by atoms with Crippen LogP contribution in [0.4, 0.5) is 0 Å². The number of hydrogen-bond acceptors (Lipinski definition) is 2. The Morgan fingerprint density at radius 3 is 2.16 bits per heavy atom. The summed E-state index contributed by atoms with van der Waals surface area (Å²) in [4.78, 5) is 12.1. The Kier molecular flexibility index (Phi) is 4.48. The standard InChI is InChI=1S/C17H19NO/c1-2-13-8-10-14(11-9-13)12-16(19)17(18)15-6-4-3-5-7-15/h3-11,17H,2,12,18H2,1H3/t17-/m1/s1. The third kappa shape index (κ3) is 3.52. The fourth-order valence-electron chi connectivity index (χ4n) is 2.05. The van der Waals surface area contributed by atoms with Crippen LogP contribution in [0, 0.1) is 0 Å². The molecule has 2 nitrogen and oxygen atoms in total. The zero-order valence-electron chi connectivity index (χ0n) is 11.2. The Morgan fingerprint density at radius 2 is 1.58 bits per heavy atom. The van der Waals surface area contributed by atoms with Gasteiger partial charge in [0.05, 0.1) is 6.04 Å². The minimum atomic E-state index is -0.535. The van der Waals surface area contributed by atoms with Gasteiger partial charge in [0, 0.05) is 6.42 Å². The van der Waals surface area contributed by atoms with Gasteiger partial charge in [-0.25, -0.2) is 0 Å². The molecule has 19 heavy (non-hydrogen) atoms.